The van der Waals surface area contributed by atoms with Gasteiger partial charge in [0, 0.05) is 59.5 Å². The van der Waals surface area contributed by atoms with Crippen molar-refractivity contribution in [3.63, 3.8) is 0 Å². The Morgan fingerprint density at radius 2 is 1.09 bits per heavy atom. The van der Waals surface area contributed by atoms with Gasteiger partial charge >= 0.3 is 0 Å². The van der Waals surface area contributed by atoms with Crippen molar-refractivity contribution >= 4 is 58.4 Å². The number of anilines is 3. The number of amides is 7. The third-order valence-corrected chi connectivity index (χ3v) is 15.5. The summed E-state index contributed by atoms with van der Waals surface area (Å²) in [6.45, 7) is -1.25. The van der Waals surface area contributed by atoms with Crippen molar-refractivity contribution in [2.75, 3.05) is 56.0 Å². The van der Waals surface area contributed by atoms with Crippen LogP contribution >= 0.6 is 0 Å². The Hall–Kier alpha value is -8.45. The number of carbonyl (C=O) groups is 7. The van der Waals surface area contributed by atoms with Gasteiger partial charge in [0.05, 0.1) is 46.0 Å². The van der Waals surface area contributed by atoms with Crippen LogP contribution in [-0.2, 0) is 62.9 Å². The van der Waals surface area contributed by atoms with E-state index in [2.05, 4.69) is 32.7 Å². The van der Waals surface area contributed by atoms with Gasteiger partial charge < -0.3 is 60.4 Å². The Kier molecular flexibility index (Phi) is 15.6. The summed E-state index contributed by atoms with van der Waals surface area (Å²) in [7, 11) is 4.58. The van der Waals surface area contributed by atoms with Crippen LogP contribution in [-0.4, -0.2) is 106 Å². The van der Waals surface area contributed by atoms with Crippen molar-refractivity contribution in [2.24, 2.45) is 11.8 Å². The van der Waals surface area contributed by atoms with Crippen LogP contribution in [0.5, 0.6) is 23.0 Å². The molecule has 1 aliphatic carbocycles. The average molecular weight is 1060 g/mol. The first-order chi connectivity index (χ1) is 37.8. The zero-order valence-electron chi connectivity index (χ0n) is 43.8. The number of hydrogen-bond donors (Lipinski definition) is 6. The smallest absolute Gasteiger partial charge is 0.259 e. The molecule has 4 heterocycles. The van der Waals surface area contributed by atoms with Crippen LogP contribution in [0.25, 0.3) is 0 Å². The van der Waals surface area contributed by atoms with E-state index < -0.39 is 43.0 Å². The quantitative estimate of drug-likeness (QED) is 0.0743. The number of methoxy groups -OCH3 is 2. The third kappa shape index (κ3) is 11.2. The second-order valence-electron chi connectivity index (χ2n) is 20.5. The second-order valence-corrected chi connectivity index (χ2v) is 20.5. The van der Waals surface area contributed by atoms with Gasteiger partial charge in [0.15, 0.2) is 23.0 Å². The lowest BCUT2D eigenvalue weighted by atomic mass is 9.81. The van der Waals surface area contributed by atoms with Gasteiger partial charge in [0.2, 0.25) is 29.5 Å². The van der Waals surface area contributed by atoms with E-state index in [0.29, 0.717) is 95.0 Å². The number of benzene rings is 5. The number of fused-ring (bicyclic) bond motifs is 8. The number of carbonyl (C=O) groups excluding carboxylic acids is 7. The Morgan fingerprint density at radius 3 is 1.71 bits per heavy atom. The fourth-order valence-electron chi connectivity index (χ4n) is 11.6. The molecule has 406 valence electrons. The molecule has 4 aliphatic heterocycles. The third-order valence-electron chi connectivity index (χ3n) is 15.5. The van der Waals surface area contributed by atoms with Gasteiger partial charge in [-0.1, -0.05) is 36.4 Å². The van der Waals surface area contributed by atoms with Crippen LogP contribution in [0, 0.1) is 11.8 Å². The maximum absolute atomic E-state index is 14.2. The van der Waals surface area contributed by atoms with Gasteiger partial charge in [-0.15, -0.1) is 0 Å². The fourth-order valence-corrected chi connectivity index (χ4v) is 11.6. The van der Waals surface area contributed by atoms with Crippen LogP contribution in [0.3, 0.4) is 0 Å². The zero-order chi connectivity index (χ0) is 54.6. The summed E-state index contributed by atoms with van der Waals surface area (Å²) in [6, 6.07) is 27.5. The lowest BCUT2D eigenvalue weighted by molar-refractivity contribution is -0.131. The molecule has 0 aromatic heterocycles. The Balaban J connectivity index is 0.820. The lowest BCUT2D eigenvalue weighted by Crippen LogP contribution is -2.44. The highest BCUT2D eigenvalue weighted by atomic mass is 16.5. The summed E-state index contributed by atoms with van der Waals surface area (Å²) < 4.78 is 24.5. The number of hydrogen-bond acceptors (Lipinski definition) is 12. The molecule has 1 fully saturated rings. The predicted octanol–water partition coefficient (Wildman–Crippen LogP) is 4.71. The molecule has 3 atom stereocenters. The summed E-state index contributed by atoms with van der Waals surface area (Å²) in [5.41, 5.74) is 7.81. The number of aliphatic hydroxyl groups excluding tert-OH is 1. The van der Waals surface area contributed by atoms with Gasteiger partial charge in [-0.05, 0) is 139 Å². The van der Waals surface area contributed by atoms with Crippen LogP contribution in [0.2, 0.25) is 0 Å². The minimum atomic E-state index is -0.845. The molecule has 78 heavy (non-hydrogen) atoms. The van der Waals surface area contributed by atoms with E-state index in [-0.39, 0.29) is 67.7 Å². The molecule has 7 amide bonds. The number of aliphatic hydroxyl groups is 1. The molecule has 0 radical (unpaired) electrons. The molecule has 1 saturated carbocycles. The van der Waals surface area contributed by atoms with E-state index in [9.17, 15) is 38.7 Å². The highest BCUT2D eigenvalue weighted by molar-refractivity contribution is 6.10. The Bertz CT molecular complexity index is 3190. The SMILES string of the molecule is CNC(=O)C1CCC(C(=O)NCC(=O)NCC(=O)NCC(=O)Nc2cc(COc3cc4c(cc3OC)C(=O)N3c5ccccc5C[C@H]3CC4)cc(COc3cc4c(cc3OC)C(=O)N3c5ccccc5C[C@H]3C(O)C4)c2)CC1. The molecule has 5 aromatic carbocycles. The summed E-state index contributed by atoms with van der Waals surface area (Å²) in [5.74, 6) is -1.45. The monoisotopic (exact) mass is 1060 g/mol. The number of rotatable bonds is 17. The molecule has 5 aliphatic rings. The van der Waals surface area contributed by atoms with Crippen LogP contribution in [0.4, 0.5) is 17.1 Å². The van der Waals surface area contributed by atoms with E-state index >= 15 is 0 Å². The highest BCUT2D eigenvalue weighted by Crippen LogP contribution is 2.43. The molecule has 10 rings (SSSR count). The van der Waals surface area contributed by atoms with Gasteiger partial charge in [0.1, 0.15) is 13.2 Å². The average Bonchev–Trinajstić information content (AvgIpc) is 4.21. The van der Waals surface area contributed by atoms with Gasteiger partial charge in [-0.25, -0.2) is 0 Å². The molecule has 6 N–H and O–H groups in total. The predicted molar refractivity (Wildman–Crippen MR) is 288 cm³/mol. The molecular weight excluding hydrogens is 999 g/mol. The maximum Gasteiger partial charge on any atom is 0.259 e. The van der Waals surface area contributed by atoms with Crippen molar-refractivity contribution < 1.29 is 57.6 Å². The highest BCUT2D eigenvalue weighted by Gasteiger charge is 2.42. The van der Waals surface area contributed by atoms with E-state index in [4.69, 9.17) is 18.9 Å². The van der Waals surface area contributed by atoms with Crippen molar-refractivity contribution in [3.05, 3.63) is 136 Å². The molecule has 0 bridgehead atoms. The van der Waals surface area contributed by atoms with Crippen molar-refractivity contribution in [1.29, 1.82) is 0 Å². The van der Waals surface area contributed by atoms with Gasteiger partial charge in [-0.2, -0.15) is 0 Å². The van der Waals surface area contributed by atoms with Gasteiger partial charge in [-0.3, -0.25) is 33.6 Å². The Morgan fingerprint density at radius 1 is 0.564 bits per heavy atom. The normalized spacial score (nSPS) is 19.7. The molecule has 19 heteroatoms. The standard InChI is InChI=1S/C59H63N7O12/c1-60-56(71)35-12-14-36(15-13-35)57(72)63-29-54(69)61-28-53(68)62-30-55(70)64-41-19-33(31-77-51-24-37-16-17-42-21-38-8-4-6-10-45(38)65(42)58(73)43(37)26-49(51)75-2)18-34(20-41)32-78-52-25-40-23-48(67)47-22-39-9-5-7-11-46(39)66(47)59(74)44(40)27-50(52)76-3/h4-11,18-20,24-27,35-36,42,47-48,67H,12-17,21-23,28-32H2,1-3H3,(H,60,71)(H,61,69)(H,62,68)(H,63,72)(H,64,70)/t35?,36?,42-,47+,48?/m1/s1. The minimum absolute atomic E-state index is 0.000577. The second kappa shape index (κ2) is 23.0. The number of aryl methyl sites for hydroxylation is 1. The number of nitrogens with one attached hydrogen (secondary N) is 5. The molecule has 0 spiro atoms. The van der Waals surface area contributed by atoms with Crippen molar-refractivity contribution in [3.8, 4) is 23.0 Å². The van der Waals surface area contributed by atoms with Crippen LogP contribution in [0.15, 0.2) is 91.0 Å². The van der Waals surface area contributed by atoms with Crippen LogP contribution in [0.1, 0.15) is 86.2 Å². The Labute approximate surface area is 451 Å². The summed E-state index contributed by atoms with van der Waals surface area (Å²) in [4.78, 5) is 95.3. The zero-order valence-corrected chi connectivity index (χ0v) is 43.8. The largest absolute Gasteiger partial charge is 0.493 e. The van der Waals surface area contributed by atoms with E-state index in [1.54, 1.807) is 42.3 Å². The fraction of sp³-hybridized carbons (Fsp3) is 0.373. The molecule has 5 aromatic rings. The molecule has 0 saturated heterocycles. The summed E-state index contributed by atoms with van der Waals surface area (Å²) in [5, 5.41) is 24.5. The van der Waals surface area contributed by atoms with Crippen molar-refractivity contribution in [2.45, 2.75) is 89.2 Å². The van der Waals surface area contributed by atoms with Crippen LogP contribution < -0.4 is 55.3 Å². The summed E-state index contributed by atoms with van der Waals surface area (Å²) >= 11 is 0. The number of ether oxygens (including phenoxy) is 4. The van der Waals surface area contributed by atoms with E-state index in [1.807, 2.05) is 59.5 Å². The first kappa shape index (κ1) is 53.0. The van der Waals surface area contributed by atoms with Crippen molar-refractivity contribution in [1.82, 2.24) is 21.3 Å². The number of para-hydroxylation sites is 2. The summed E-state index contributed by atoms with van der Waals surface area (Å²) in [6.07, 6.45) is 4.32. The molecule has 19 nitrogen and oxygen atoms in total. The van der Waals surface area contributed by atoms with E-state index in [1.165, 1.54) is 14.2 Å². The van der Waals surface area contributed by atoms with Gasteiger partial charge in [0.25, 0.3) is 11.8 Å². The first-order valence-electron chi connectivity index (χ1n) is 26.4. The van der Waals surface area contributed by atoms with E-state index in [0.717, 1.165) is 40.9 Å². The first-order valence-corrected chi connectivity index (χ1v) is 26.4. The topological polar surface area (TPSA) is 243 Å². The lowest BCUT2D eigenvalue weighted by Gasteiger charge is -2.26. The number of nitrogens with zero attached hydrogens (tertiary/aromatic N) is 2. The molecule has 1 unspecified atom stereocenters. The maximum atomic E-state index is 14.2. The molecular formula is C59H63N7O12. The minimum Gasteiger partial charge on any atom is -0.493 e.